The molecule has 136 valence electrons. The Hall–Kier alpha value is -3.41. The van der Waals surface area contributed by atoms with E-state index < -0.39 is 0 Å². The Balaban J connectivity index is 1.74. The smallest absolute Gasteiger partial charge is 0.221 e. The highest BCUT2D eigenvalue weighted by Crippen LogP contribution is 2.27. The maximum Gasteiger partial charge on any atom is 0.221 e. The van der Waals surface area contributed by atoms with Gasteiger partial charge < -0.3 is 11.5 Å². The number of nitrogen functional groups attached to an aromatic ring is 2. The Kier molecular flexibility index (Phi) is 4.03. The largest absolute Gasteiger partial charge is 0.384 e. The molecule has 1 aliphatic rings. The van der Waals surface area contributed by atoms with E-state index in [9.17, 15) is 0 Å². The van der Waals surface area contributed by atoms with Crippen molar-refractivity contribution in [2.75, 3.05) is 5.73 Å². The summed E-state index contributed by atoms with van der Waals surface area (Å²) >= 11 is 0. The molecule has 6 nitrogen and oxygen atoms in total. The number of amidine groups is 1. The van der Waals surface area contributed by atoms with E-state index in [4.69, 9.17) is 22.0 Å². The molecule has 0 saturated carbocycles. The maximum atomic E-state index is 7.76. The average molecular weight is 358 g/mol. The SMILES string of the molecule is Cc1cc(C)cc(-c2cn(/N=C3\CCc4c(C(=N)N)cccc43)c(N)n2)c1. The van der Waals surface area contributed by atoms with E-state index in [0.29, 0.717) is 5.95 Å². The molecule has 0 unspecified atom stereocenters. The number of benzene rings is 2. The van der Waals surface area contributed by atoms with Gasteiger partial charge in [0.05, 0.1) is 17.6 Å². The minimum atomic E-state index is 0.0901. The number of rotatable bonds is 3. The third-order valence-corrected chi connectivity index (χ3v) is 4.85. The minimum Gasteiger partial charge on any atom is -0.384 e. The van der Waals surface area contributed by atoms with E-state index in [-0.39, 0.29) is 5.84 Å². The molecule has 6 heteroatoms. The highest BCUT2D eigenvalue weighted by molar-refractivity contribution is 6.08. The first kappa shape index (κ1) is 17.0. The summed E-state index contributed by atoms with van der Waals surface area (Å²) in [4.78, 5) is 4.49. The van der Waals surface area contributed by atoms with Gasteiger partial charge in [-0.15, -0.1) is 0 Å². The summed E-state index contributed by atoms with van der Waals surface area (Å²) in [6.45, 7) is 4.14. The normalized spacial score (nSPS) is 14.5. The van der Waals surface area contributed by atoms with Crippen LogP contribution in [0, 0.1) is 19.3 Å². The van der Waals surface area contributed by atoms with E-state index in [1.165, 1.54) is 11.1 Å². The third-order valence-electron chi connectivity index (χ3n) is 4.85. The van der Waals surface area contributed by atoms with Crippen molar-refractivity contribution >= 4 is 17.5 Å². The molecular weight excluding hydrogens is 336 g/mol. The topological polar surface area (TPSA) is 106 Å². The Morgan fingerprint density at radius 3 is 2.59 bits per heavy atom. The lowest BCUT2D eigenvalue weighted by atomic mass is 10.0. The lowest BCUT2D eigenvalue weighted by molar-refractivity contribution is 0.883. The predicted octanol–water partition coefficient (Wildman–Crippen LogP) is 3.23. The second-order valence-corrected chi connectivity index (χ2v) is 7.00. The molecule has 0 saturated heterocycles. The maximum absolute atomic E-state index is 7.76. The van der Waals surface area contributed by atoms with Gasteiger partial charge in [-0.2, -0.15) is 5.10 Å². The number of nitrogens with one attached hydrogen (secondary N) is 1. The van der Waals surface area contributed by atoms with Crippen molar-refractivity contribution in [3.63, 3.8) is 0 Å². The second-order valence-electron chi connectivity index (χ2n) is 7.00. The average Bonchev–Trinajstić information content (AvgIpc) is 3.18. The predicted molar refractivity (Wildman–Crippen MR) is 109 cm³/mol. The van der Waals surface area contributed by atoms with Gasteiger partial charge in [-0.25, -0.2) is 9.66 Å². The Bertz CT molecular complexity index is 1070. The zero-order valence-corrected chi connectivity index (χ0v) is 15.5. The summed E-state index contributed by atoms with van der Waals surface area (Å²) in [6, 6.07) is 12.1. The van der Waals surface area contributed by atoms with Crippen molar-refractivity contribution in [2.24, 2.45) is 10.8 Å². The van der Waals surface area contributed by atoms with Crippen LogP contribution in [0.15, 0.2) is 47.7 Å². The van der Waals surface area contributed by atoms with Gasteiger partial charge in [-0.1, -0.05) is 35.4 Å². The summed E-state index contributed by atoms with van der Waals surface area (Å²) in [6.07, 6.45) is 3.47. The fraction of sp³-hybridized carbons (Fsp3) is 0.190. The summed E-state index contributed by atoms with van der Waals surface area (Å²) in [7, 11) is 0. The van der Waals surface area contributed by atoms with Gasteiger partial charge in [0, 0.05) is 16.7 Å². The fourth-order valence-corrected chi connectivity index (χ4v) is 3.72. The van der Waals surface area contributed by atoms with Crippen molar-refractivity contribution < 1.29 is 0 Å². The van der Waals surface area contributed by atoms with Crippen molar-refractivity contribution in [2.45, 2.75) is 26.7 Å². The van der Waals surface area contributed by atoms with Crippen LogP contribution >= 0.6 is 0 Å². The van der Waals surface area contributed by atoms with Crippen LogP contribution < -0.4 is 11.5 Å². The monoisotopic (exact) mass is 358 g/mol. The first-order chi connectivity index (χ1) is 12.9. The molecule has 0 fully saturated rings. The van der Waals surface area contributed by atoms with Gasteiger partial charge in [0.2, 0.25) is 5.95 Å². The molecule has 0 spiro atoms. The Morgan fingerprint density at radius 2 is 1.89 bits per heavy atom. The molecule has 0 aliphatic heterocycles. The number of hydrogen-bond donors (Lipinski definition) is 3. The summed E-state index contributed by atoms with van der Waals surface area (Å²) in [5, 5.41) is 12.5. The fourth-order valence-electron chi connectivity index (χ4n) is 3.72. The number of nitrogens with two attached hydrogens (primary N) is 2. The van der Waals surface area contributed by atoms with Gasteiger partial charge in [-0.3, -0.25) is 5.41 Å². The van der Waals surface area contributed by atoms with Crippen LogP contribution in [0.25, 0.3) is 11.3 Å². The standard InChI is InChI=1S/C21H22N6/c1-12-8-13(2)10-14(9-12)19-11-27(21(24)25-19)26-18-7-6-15-16(18)4-3-5-17(15)20(22)23/h3-5,8-11H,6-7H2,1-2H3,(H3,22,23)(H2,24,25)/b26-18+. The lowest BCUT2D eigenvalue weighted by Crippen LogP contribution is -2.13. The number of aryl methyl sites for hydroxylation is 2. The molecule has 0 bridgehead atoms. The van der Waals surface area contributed by atoms with E-state index in [2.05, 4.69) is 37.0 Å². The molecule has 5 N–H and O–H groups in total. The van der Waals surface area contributed by atoms with Gasteiger partial charge in [0.15, 0.2) is 0 Å². The molecule has 27 heavy (non-hydrogen) atoms. The van der Waals surface area contributed by atoms with Gasteiger partial charge in [-0.05, 0) is 44.4 Å². The zero-order valence-electron chi connectivity index (χ0n) is 15.5. The molecule has 0 amide bonds. The van der Waals surface area contributed by atoms with Crippen LogP contribution in [0.2, 0.25) is 0 Å². The molecule has 0 atom stereocenters. The molecule has 1 heterocycles. The minimum absolute atomic E-state index is 0.0901. The molecule has 0 radical (unpaired) electrons. The zero-order chi connectivity index (χ0) is 19.1. The molecule has 3 aromatic rings. The second kappa shape index (κ2) is 6.39. The van der Waals surface area contributed by atoms with E-state index in [1.54, 1.807) is 4.68 Å². The molecule has 2 aromatic carbocycles. The first-order valence-corrected chi connectivity index (χ1v) is 8.90. The number of imidazole rings is 1. The van der Waals surface area contributed by atoms with E-state index >= 15 is 0 Å². The molecular formula is C21H22N6. The summed E-state index contributed by atoms with van der Waals surface area (Å²) in [5.41, 5.74) is 19.9. The van der Waals surface area contributed by atoms with Crippen molar-refractivity contribution in [1.29, 1.82) is 5.41 Å². The van der Waals surface area contributed by atoms with Crippen LogP contribution in [0.1, 0.15) is 34.2 Å². The Morgan fingerprint density at radius 1 is 1.15 bits per heavy atom. The number of anilines is 1. The van der Waals surface area contributed by atoms with Crippen LogP contribution in [-0.2, 0) is 6.42 Å². The van der Waals surface area contributed by atoms with Gasteiger partial charge >= 0.3 is 0 Å². The molecule has 4 rings (SSSR count). The van der Waals surface area contributed by atoms with E-state index in [1.807, 2.05) is 24.4 Å². The highest BCUT2D eigenvalue weighted by Gasteiger charge is 2.22. The summed E-state index contributed by atoms with van der Waals surface area (Å²) in [5.74, 6) is 0.445. The number of nitrogens with zero attached hydrogens (tertiary/aromatic N) is 3. The summed E-state index contributed by atoms with van der Waals surface area (Å²) < 4.78 is 1.64. The number of hydrogen-bond acceptors (Lipinski definition) is 4. The van der Waals surface area contributed by atoms with Crippen molar-refractivity contribution in [3.8, 4) is 11.3 Å². The van der Waals surface area contributed by atoms with Crippen LogP contribution in [0.4, 0.5) is 5.95 Å². The Labute approximate surface area is 158 Å². The van der Waals surface area contributed by atoms with Crippen molar-refractivity contribution in [3.05, 3.63) is 70.4 Å². The van der Waals surface area contributed by atoms with Crippen LogP contribution in [0.5, 0.6) is 0 Å². The van der Waals surface area contributed by atoms with Crippen molar-refractivity contribution in [1.82, 2.24) is 9.66 Å². The third kappa shape index (κ3) is 3.10. The molecule has 1 aromatic heterocycles. The van der Waals surface area contributed by atoms with E-state index in [0.717, 1.165) is 46.5 Å². The van der Waals surface area contributed by atoms with Gasteiger partial charge in [0.25, 0.3) is 0 Å². The first-order valence-electron chi connectivity index (χ1n) is 8.90. The highest BCUT2D eigenvalue weighted by atomic mass is 15.4. The van der Waals surface area contributed by atoms with Crippen LogP contribution in [0.3, 0.4) is 0 Å². The quantitative estimate of drug-likeness (QED) is 0.494. The number of fused-ring (bicyclic) bond motifs is 1. The molecule has 1 aliphatic carbocycles. The van der Waals surface area contributed by atoms with Gasteiger partial charge in [0.1, 0.15) is 5.84 Å². The number of aromatic nitrogens is 2. The van der Waals surface area contributed by atoms with Crippen LogP contribution in [-0.4, -0.2) is 21.2 Å². The lowest BCUT2D eigenvalue weighted by Gasteiger charge is -2.06.